The van der Waals surface area contributed by atoms with Gasteiger partial charge in [0.1, 0.15) is 17.7 Å². The van der Waals surface area contributed by atoms with Crippen molar-refractivity contribution in [2.24, 2.45) is 5.92 Å². The molecule has 0 aliphatic heterocycles. The highest BCUT2D eigenvalue weighted by atomic mass is 16.4. The van der Waals surface area contributed by atoms with Crippen LogP contribution in [-0.4, -0.2) is 34.6 Å². The first-order valence-electron chi connectivity index (χ1n) is 6.43. The summed E-state index contributed by atoms with van der Waals surface area (Å²) in [6, 6.07) is 0. The summed E-state index contributed by atoms with van der Waals surface area (Å²) in [6.07, 6.45) is 9.15. The molecule has 1 saturated carbocycles. The van der Waals surface area contributed by atoms with Crippen LogP contribution in [-0.2, 0) is 0 Å². The molecule has 5 nitrogen and oxygen atoms in total. The van der Waals surface area contributed by atoms with Gasteiger partial charge >= 0.3 is 5.97 Å². The van der Waals surface area contributed by atoms with Gasteiger partial charge in [-0.25, -0.2) is 14.8 Å². The molecule has 2 rings (SSSR count). The Hall–Kier alpha value is -1.65. The van der Waals surface area contributed by atoms with E-state index in [2.05, 4.69) is 9.97 Å². The molecule has 1 N–H and O–H groups in total. The molecule has 5 heteroatoms. The van der Waals surface area contributed by atoms with E-state index in [-0.39, 0.29) is 5.56 Å². The lowest BCUT2D eigenvalue weighted by Crippen LogP contribution is -2.24. The van der Waals surface area contributed by atoms with E-state index in [1.165, 1.54) is 38.2 Å². The van der Waals surface area contributed by atoms with Gasteiger partial charge in [-0.1, -0.05) is 25.7 Å². The highest BCUT2D eigenvalue weighted by Crippen LogP contribution is 2.28. The van der Waals surface area contributed by atoms with Crippen LogP contribution in [0, 0.1) is 5.92 Å². The number of aromatic nitrogens is 2. The molecule has 0 radical (unpaired) electrons. The molecule has 0 aromatic carbocycles. The number of carboxylic acid groups (broad SMARTS) is 1. The van der Waals surface area contributed by atoms with Crippen LogP contribution >= 0.6 is 0 Å². The number of rotatable bonds is 5. The maximum absolute atomic E-state index is 11.1. The molecule has 0 atom stereocenters. The van der Waals surface area contributed by atoms with Crippen molar-refractivity contribution in [3.8, 4) is 0 Å². The average molecular weight is 249 g/mol. The molecule has 0 unspecified atom stereocenters. The Bertz CT molecular complexity index is 416. The summed E-state index contributed by atoms with van der Waals surface area (Å²) in [5.74, 6) is 0.330. The van der Waals surface area contributed by atoms with Gasteiger partial charge in [-0.2, -0.15) is 0 Å². The van der Waals surface area contributed by atoms with E-state index in [4.69, 9.17) is 5.11 Å². The molecular weight excluding hydrogens is 230 g/mol. The number of aromatic carboxylic acids is 1. The fourth-order valence-electron chi connectivity index (χ4n) is 2.56. The van der Waals surface area contributed by atoms with Gasteiger partial charge in [0.05, 0.1) is 0 Å². The summed E-state index contributed by atoms with van der Waals surface area (Å²) >= 11 is 0. The Balaban J connectivity index is 1.99. The first-order chi connectivity index (χ1) is 8.68. The van der Waals surface area contributed by atoms with Gasteiger partial charge in [-0.05, 0) is 12.3 Å². The van der Waals surface area contributed by atoms with E-state index in [0.717, 1.165) is 18.9 Å². The van der Waals surface area contributed by atoms with Crippen molar-refractivity contribution in [1.82, 2.24) is 9.97 Å². The van der Waals surface area contributed by atoms with Crippen LogP contribution < -0.4 is 4.90 Å². The molecule has 0 amide bonds. The van der Waals surface area contributed by atoms with Crippen molar-refractivity contribution in [3.05, 3.63) is 18.1 Å². The lowest BCUT2D eigenvalue weighted by molar-refractivity contribution is 0.0696. The zero-order valence-electron chi connectivity index (χ0n) is 10.7. The zero-order valence-corrected chi connectivity index (χ0v) is 10.7. The molecule has 1 aromatic rings. The van der Waals surface area contributed by atoms with Gasteiger partial charge in [-0.15, -0.1) is 0 Å². The smallest absolute Gasteiger partial charge is 0.341 e. The van der Waals surface area contributed by atoms with E-state index >= 15 is 0 Å². The molecule has 1 aromatic heterocycles. The van der Waals surface area contributed by atoms with Crippen LogP contribution in [0.5, 0.6) is 0 Å². The number of carboxylic acids is 1. The molecule has 1 heterocycles. The second-order valence-electron chi connectivity index (χ2n) is 4.93. The van der Waals surface area contributed by atoms with Gasteiger partial charge in [0.25, 0.3) is 0 Å². The van der Waals surface area contributed by atoms with Crippen LogP contribution in [0.25, 0.3) is 0 Å². The highest BCUT2D eigenvalue weighted by Gasteiger charge is 2.18. The summed E-state index contributed by atoms with van der Waals surface area (Å²) in [5.41, 5.74) is 0.173. The van der Waals surface area contributed by atoms with Gasteiger partial charge in [-0.3, -0.25) is 0 Å². The molecule has 1 aliphatic rings. The number of nitrogens with zero attached hydrogens (tertiary/aromatic N) is 3. The molecule has 98 valence electrons. The number of anilines is 1. The van der Waals surface area contributed by atoms with Gasteiger partial charge in [0, 0.05) is 19.8 Å². The van der Waals surface area contributed by atoms with Crippen LogP contribution in [0.2, 0.25) is 0 Å². The molecule has 0 spiro atoms. The summed E-state index contributed by atoms with van der Waals surface area (Å²) in [4.78, 5) is 20.8. The monoisotopic (exact) mass is 249 g/mol. The maximum atomic E-state index is 11.1. The SMILES string of the molecule is CN(CCC1CCCC1)c1ncncc1C(=O)O. The summed E-state index contributed by atoms with van der Waals surface area (Å²) < 4.78 is 0. The molecule has 0 saturated heterocycles. The van der Waals surface area contributed by atoms with Crippen LogP contribution in [0.1, 0.15) is 42.5 Å². The number of carbonyl (C=O) groups is 1. The summed E-state index contributed by atoms with van der Waals surface area (Å²) in [7, 11) is 1.89. The Morgan fingerprint density at radius 1 is 1.50 bits per heavy atom. The maximum Gasteiger partial charge on any atom is 0.341 e. The van der Waals surface area contributed by atoms with Crippen molar-refractivity contribution in [1.29, 1.82) is 0 Å². The fraction of sp³-hybridized carbons (Fsp3) is 0.615. The second kappa shape index (κ2) is 5.80. The van der Waals surface area contributed by atoms with Crippen LogP contribution in [0.15, 0.2) is 12.5 Å². The Morgan fingerprint density at radius 3 is 2.89 bits per heavy atom. The molecule has 0 bridgehead atoms. The standard InChI is InChI=1S/C13H19N3O2/c1-16(7-6-10-4-2-3-5-10)12-11(13(17)18)8-14-9-15-12/h8-10H,2-7H2,1H3,(H,17,18). The minimum atomic E-state index is -0.974. The summed E-state index contributed by atoms with van der Waals surface area (Å²) in [6.45, 7) is 0.849. The van der Waals surface area contributed by atoms with Crippen molar-refractivity contribution < 1.29 is 9.90 Å². The van der Waals surface area contributed by atoms with Crippen molar-refractivity contribution in [2.45, 2.75) is 32.1 Å². The Morgan fingerprint density at radius 2 is 2.22 bits per heavy atom. The highest BCUT2D eigenvalue weighted by molar-refractivity contribution is 5.92. The number of hydrogen-bond acceptors (Lipinski definition) is 4. The molecule has 1 fully saturated rings. The Labute approximate surface area is 107 Å². The van der Waals surface area contributed by atoms with Gasteiger partial charge in [0.15, 0.2) is 0 Å². The first-order valence-corrected chi connectivity index (χ1v) is 6.43. The predicted molar refractivity (Wildman–Crippen MR) is 68.8 cm³/mol. The lowest BCUT2D eigenvalue weighted by Gasteiger charge is -2.21. The average Bonchev–Trinajstić information content (AvgIpc) is 2.89. The van der Waals surface area contributed by atoms with E-state index in [9.17, 15) is 4.79 Å². The lowest BCUT2D eigenvalue weighted by atomic mass is 10.0. The first kappa shape index (κ1) is 12.8. The van der Waals surface area contributed by atoms with Crippen molar-refractivity contribution in [3.63, 3.8) is 0 Å². The largest absolute Gasteiger partial charge is 0.477 e. The van der Waals surface area contributed by atoms with E-state index in [0.29, 0.717) is 5.82 Å². The fourth-order valence-corrected chi connectivity index (χ4v) is 2.56. The molecule has 18 heavy (non-hydrogen) atoms. The van der Waals surface area contributed by atoms with Crippen LogP contribution in [0.4, 0.5) is 5.82 Å². The van der Waals surface area contributed by atoms with Gasteiger partial charge < -0.3 is 10.0 Å². The van der Waals surface area contributed by atoms with Crippen LogP contribution in [0.3, 0.4) is 0 Å². The van der Waals surface area contributed by atoms with E-state index in [1.807, 2.05) is 11.9 Å². The third-order valence-electron chi connectivity index (χ3n) is 3.63. The summed E-state index contributed by atoms with van der Waals surface area (Å²) in [5, 5.41) is 9.09. The van der Waals surface area contributed by atoms with Gasteiger partial charge in [0.2, 0.25) is 0 Å². The van der Waals surface area contributed by atoms with E-state index in [1.54, 1.807) is 0 Å². The van der Waals surface area contributed by atoms with Crippen molar-refractivity contribution >= 4 is 11.8 Å². The van der Waals surface area contributed by atoms with Crippen molar-refractivity contribution in [2.75, 3.05) is 18.5 Å². The minimum Gasteiger partial charge on any atom is -0.477 e. The second-order valence-corrected chi connectivity index (χ2v) is 4.93. The third kappa shape index (κ3) is 2.97. The minimum absolute atomic E-state index is 0.173. The number of hydrogen-bond donors (Lipinski definition) is 1. The zero-order chi connectivity index (χ0) is 13.0. The molecule has 1 aliphatic carbocycles. The quantitative estimate of drug-likeness (QED) is 0.866. The molecular formula is C13H19N3O2. The van der Waals surface area contributed by atoms with E-state index < -0.39 is 5.97 Å². The Kier molecular flexibility index (Phi) is 4.12. The topological polar surface area (TPSA) is 66.3 Å². The third-order valence-corrected chi connectivity index (χ3v) is 3.63. The predicted octanol–water partition coefficient (Wildman–Crippen LogP) is 2.19. The normalized spacial score (nSPS) is 15.8.